The average molecular weight is 594 g/mol. The molecule has 0 fully saturated rings. The third kappa shape index (κ3) is 3.98. The maximum absolute atomic E-state index is 15.5. The fourth-order valence-electron chi connectivity index (χ4n) is 7.18. The predicted molar refractivity (Wildman–Crippen MR) is 183 cm³/mol. The molecule has 0 N–H and O–H groups in total. The molecule has 5 aromatic rings. The Labute approximate surface area is 261 Å². The van der Waals surface area contributed by atoms with E-state index in [9.17, 15) is 4.79 Å². The third-order valence-electron chi connectivity index (χ3n) is 8.79. The van der Waals surface area contributed by atoms with Crippen LogP contribution in [0.1, 0.15) is 44.4 Å². The first-order valence-electron chi connectivity index (χ1n) is 15.2. The van der Waals surface area contributed by atoms with Gasteiger partial charge in [-0.3, -0.25) is 13.9 Å². The van der Waals surface area contributed by atoms with Crippen LogP contribution in [0.3, 0.4) is 0 Å². The average Bonchev–Trinajstić information content (AvgIpc) is 3.53. The summed E-state index contributed by atoms with van der Waals surface area (Å²) in [7, 11) is -2.12. The van der Waals surface area contributed by atoms with Crippen LogP contribution in [0.25, 0.3) is 27.5 Å². The Morgan fingerprint density at radius 1 is 0.591 bits per heavy atom. The number of hydrogen-bond acceptors (Lipinski definition) is 2. The summed E-state index contributed by atoms with van der Waals surface area (Å²) in [6.45, 7) is 8.57. The van der Waals surface area contributed by atoms with Crippen LogP contribution in [-0.2, 0) is 9.59 Å². The lowest BCUT2D eigenvalue weighted by molar-refractivity contribution is -0.125. The largest absolute Gasteiger partial charge is 0.290 e. The van der Waals surface area contributed by atoms with Crippen LogP contribution in [0, 0.1) is 0 Å². The van der Waals surface area contributed by atoms with Gasteiger partial charge in [-0.05, 0) is 65.6 Å². The second kappa shape index (κ2) is 10.8. The van der Waals surface area contributed by atoms with Crippen LogP contribution in [0.4, 0.5) is 0 Å². The van der Waals surface area contributed by atoms with Gasteiger partial charge >= 0.3 is 0 Å². The van der Waals surface area contributed by atoms with E-state index in [4.69, 9.17) is 0 Å². The molecule has 2 aliphatic rings. The molecule has 3 nitrogen and oxygen atoms in total. The highest BCUT2D eigenvalue weighted by molar-refractivity contribution is 8.32. The summed E-state index contributed by atoms with van der Waals surface area (Å²) in [6, 6.07) is 42.9. The molecule has 0 saturated heterocycles. The van der Waals surface area contributed by atoms with E-state index in [2.05, 4.69) is 105 Å². The van der Waals surface area contributed by atoms with Gasteiger partial charge in [-0.2, -0.15) is 0 Å². The first kappa shape index (κ1) is 28.1. The van der Waals surface area contributed by atoms with Crippen molar-refractivity contribution in [3.05, 3.63) is 150 Å². The number of ketones is 1. The number of rotatable bonds is 7. The standard InChI is InChI=1S/C40H35NO2S/c1-26(2)41(44(27(3)4,30-20-10-6-11-21-30)31-22-12-7-13-23-31)40(43)38-37-33-25-15-19-28-18-14-24-32(34(28)33)36(37)35(39(38)42)29-16-8-5-9-17-29/h5-27H,1-4H3. The molecule has 0 unspecified atom stereocenters. The van der Waals surface area contributed by atoms with Crippen molar-refractivity contribution >= 4 is 49.4 Å². The molecule has 0 spiro atoms. The number of amides is 1. The summed E-state index contributed by atoms with van der Waals surface area (Å²) >= 11 is 0. The summed E-state index contributed by atoms with van der Waals surface area (Å²) in [6.07, 6.45) is 0. The smallest absolute Gasteiger partial charge is 0.267 e. The molecule has 0 heterocycles. The van der Waals surface area contributed by atoms with E-state index in [0.717, 1.165) is 48.4 Å². The normalized spacial score (nSPS) is 14.6. The van der Waals surface area contributed by atoms with E-state index < -0.39 is 10.2 Å². The van der Waals surface area contributed by atoms with Crippen molar-refractivity contribution in [2.24, 2.45) is 0 Å². The molecule has 4 heteroatoms. The van der Waals surface area contributed by atoms with Crippen LogP contribution in [-0.4, -0.2) is 27.3 Å². The monoisotopic (exact) mass is 593 g/mol. The third-order valence-corrected chi connectivity index (χ3v) is 13.3. The second-order valence-corrected chi connectivity index (χ2v) is 15.5. The highest BCUT2D eigenvalue weighted by Crippen LogP contribution is 2.69. The molecule has 0 aromatic heterocycles. The number of nitrogens with zero attached hydrogens (tertiary/aromatic N) is 1. The first-order valence-corrected chi connectivity index (χ1v) is 16.9. The fourth-order valence-corrected chi connectivity index (χ4v) is 11.6. The van der Waals surface area contributed by atoms with Crippen LogP contribution in [0.2, 0.25) is 0 Å². The first-order chi connectivity index (χ1) is 21.4. The number of carbonyl (C=O) groups excluding carboxylic acids is 2. The minimum atomic E-state index is -2.12. The maximum atomic E-state index is 15.5. The molecule has 0 radical (unpaired) electrons. The number of fused-ring (bicyclic) bond motifs is 3. The van der Waals surface area contributed by atoms with E-state index in [1.54, 1.807) is 0 Å². The Bertz CT molecular complexity index is 1940. The number of hydrogen-bond donors (Lipinski definition) is 0. The zero-order chi connectivity index (χ0) is 30.6. The molecule has 1 amide bonds. The predicted octanol–water partition coefficient (Wildman–Crippen LogP) is 9.58. The molecular formula is C40H35NO2S. The SMILES string of the molecule is CC(C)N(C(=O)C1=C2C(=C(c3ccccc3)C1=O)c1cccc3cccc2c13)S(c1ccccc1)(c1ccccc1)C(C)C. The van der Waals surface area contributed by atoms with Gasteiger partial charge in [-0.1, -0.05) is 117 Å². The van der Waals surface area contributed by atoms with Crippen molar-refractivity contribution in [3.8, 4) is 0 Å². The van der Waals surface area contributed by atoms with Crippen molar-refractivity contribution < 1.29 is 9.59 Å². The zero-order valence-corrected chi connectivity index (χ0v) is 26.3. The lowest BCUT2D eigenvalue weighted by Gasteiger charge is -2.54. The van der Waals surface area contributed by atoms with Crippen LogP contribution < -0.4 is 0 Å². The summed E-state index contributed by atoms with van der Waals surface area (Å²) in [5.41, 5.74) is 5.36. The molecule has 5 aromatic carbocycles. The molecular weight excluding hydrogens is 559 g/mol. The van der Waals surface area contributed by atoms with E-state index in [1.807, 2.05) is 54.6 Å². The van der Waals surface area contributed by atoms with Gasteiger partial charge in [0.05, 0.1) is 5.57 Å². The van der Waals surface area contributed by atoms with E-state index in [-0.39, 0.29) is 28.6 Å². The van der Waals surface area contributed by atoms with Gasteiger partial charge in [0, 0.05) is 37.8 Å². The van der Waals surface area contributed by atoms with Gasteiger partial charge in [0.1, 0.15) is 0 Å². The van der Waals surface area contributed by atoms with Crippen LogP contribution >= 0.6 is 10.2 Å². The van der Waals surface area contributed by atoms with E-state index in [1.165, 1.54) is 0 Å². The van der Waals surface area contributed by atoms with Crippen LogP contribution in [0.15, 0.2) is 143 Å². The summed E-state index contributed by atoms with van der Waals surface area (Å²) in [5, 5.41) is 2.29. The number of benzene rings is 5. The molecule has 44 heavy (non-hydrogen) atoms. The Kier molecular flexibility index (Phi) is 6.90. The Hall–Kier alpha value is -4.67. The summed E-state index contributed by atoms with van der Waals surface area (Å²) < 4.78 is 2.07. The zero-order valence-electron chi connectivity index (χ0n) is 25.5. The molecule has 2 aliphatic carbocycles. The fraction of sp³-hybridized carbons (Fsp3) is 0.150. The quantitative estimate of drug-likeness (QED) is 0.176. The van der Waals surface area contributed by atoms with E-state index in [0.29, 0.717) is 5.57 Å². The molecule has 0 atom stereocenters. The lowest BCUT2D eigenvalue weighted by atomic mass is 9.95. The van der Waals surface area contributed by atoms with Gasteiger partial charge in [-0.15, -0.1) is 10.2 Å². The van der Waals surface area contributed by atoms with Crippen molar-refractivity contribution in [2.75, 3.05) is 0 Å². The van der Waals surface area contributed by atoms with Gasteiger partial charge in [0.2, 0.25) is 5.78 Å². The molecule has 0 saturated carbocycles. The minimum absolute atomic E-state index is 0.0750. The van der Waals surface area contributed by atoms with Crippen LogP contribution in [0.5, 0.6) is 0 Å². The molecule has 0 aliphatic heterocycles. The van der Waals surface area contributed by atoms with E-state index >= 15 is 4.79 Å². The number of carbonyl (C=O) groups is 2. The highest BCUT2D eigenvalue weighted by atomic mass is 32.3. The summed E-state index contributed by atoms with van der Waals surface area (Å²) in [4.78, 5) is 32.6. The Morgan fingerprint density at radius 3 is 1.59 bits per heavy atom. The van der Waals surface area contributed by atoms with Gasteiger partial charge in [0.15, 0.2) is 0 Å². The van der Waals surface area contributed by atoms with Crippen molar-refractivity contribution in [1.82, 2.24) is 4.31 Å². The number of allylic oxidation sites excluding steroid dienone is 3. The molecule has 7 rings (SSSR count). The Balaban J connectivity index is 1.53. The second-order valence-electron chi connectivity index (χ2n) is 11.9. The van der Waals surface area contributed by atoms with Gasteiger partial charge in [0.25, 0.3) is 5.91 Å². The molecule has 0 bridgehead atoms. The summed E-state index contributed by atoms with van der Waals surface area (Å²) in [5.74, 6) is -0.397. The molecule has 218 valence electrons. The lowest BCUT2D eigenvalue weighted by Crippen LogP contribution is -2.44. The van der Waals surface area contributed by atoms with Crippen molar-refractivity contribution in [3.63, 3.8) is 0 Å². The number of Topliss-reactive ketones (excluding diaryl/α,β-unsaturated/α-hetero) is 1. The minimum Gasteiger partial charge on any atom is -0.290 e. The topological polar surface area (TPSA) is 37.4 Å². The maximum Gasteiger partial charge on any atom is 0.267 e. The van der Waals surface area contributed by atoms with Gasteiger partial charge < -0.3 is 0 Å². The Morgan fingerprint density at radius 2 is 1.09 bits per heavy atom. The van der Waals surface area contributed by atoms with Crippen molar-refractivity contribution in [1.29, 1.82) is 0 Å². The van der Waals surface area contributed by atoms with Crippen molar-refractivity contribution in [2.45, 2.75) is 48.8 Å². The highest BCUT2D eigenvalue weighted by Gasteiger charge is 2.48. The van der Waals surface area contributed by atoms with Gasteiger partial charge in [-0.25, -0.2) is 0 Å².